The molecule has 0 aliphatic heterocycles. The fourth-order valence-electron chi connectivity index (χ4n) is 1.98. The lowest BCUT2D eigenvalue weighted by atomic mass is 10.1. The number of carbonyl (C=O) groups excluding carboxylic acids is 1. The number of hydrogen-bond acceptors (Lipinski definition) is 5. The number of aromatic nitrogens is 2. The minimum atomic E-state index is -0.808. The summed E-state index contributed by atoms with van der Waals surface area (Å²) in [5.41, 5.74) is 0. The molecule has 0 radical (unpaired) electrons. The first-order valence-corrected chi connectivity index (χ1v) is 5.40. The lowest BCUT2D eigenvalue weighted by Gasteiger charge is -2.09. The molecule has 0 aromatic carbocycles. The molecule has 1 saturated carbocycles. The summed E-state index contributed by atoms with van der Waals surface area (Å²) in [5, 5.41) is 15.0. The van der Waals surface area contributed by atoms with E-state index in [1.807, 2.05) is 0 Å². The van der Waals surface area contributed by atoms with Crippen molar-refractivity contribution in [2.24, 2.45) is 5.92 Å². The molecular formula is C10H13N3O4. The van der Waals surface area contributed by atoms with E-state index in [1.54, 1.807) is 6.92 Å². The number of nitrogens with one attached hydrogen (secondary N) is 1. The lowest BCUT2D eigenvalue weighted by Crippen LogP contribution is -2.34. The molecule has 7 nitrogen and oxygen atoms in total. The second kappa shape index (κ2) is 4.52. The topological polar surface area (TPSA) is 105 Å². The summed E-state index contributed by atoms with van der Waals surface area (Å²) < 4.78 is 4.69. The van der Waals surface area contributed by atoms with Crippen LogP contribution in [0.3, 0.4) is 0 Å². The van der Waals surface area contributed by atoms with Crippen LogP contribution in [0.2, 0.25) is 0 Å². The smallest absolute Gasteiger partial charge is 0.306 e. The average molecular weight is 239 g/mol. The van der Waals surface area contributed by atoms with Crippen LogP contribution in [-0.4, -0.2) is 33.2 Å². The van der Waals surface area contributed by atoms with Crippen molar-refractivity contribution in [3.63, 3.8) is 0 Å². The molecule has 2 N–H and O–H groups in total. The van der Waals surface area contributed by atoms with Crippen molar-refractivity contribution in [1.29, 1.82) is 0 Å². The van der Waals surface area contributed by atoms with E-state index in [9.17, 15) is 9.59 Å². The van der Waals surface area contributed by atoms with Crippen molar-refractivity contribution in [2.75, 3.05) is 0 Å². The summed E-state index contributed by atoms with van der Waals surface area (Å²) in [6.07, 6.45) is 1.71. The van der Waals surface area contributed by atoms with Crippen molar-refractivity contribution in [2.45, 2.75) is 32.2 Å². The standard InChI is InChI=1S/C10H13N3O4/c1-5-11-8(13-17-5)9(14)12-7-3-2-6(4-7)10(15)16/h6-7H,2-4H2,1H3,(H,12,14)(H,15,16). The molecule has 1 aliphatic carbocycles. The largest absolute Gasteiger partial charge is 0.481 e. The Hall–Kier alpha value is -1.92. The molecule has 92 valence electrons. The van der Waals surface area contributed by atoms with Gasteiger partial charge < -0.3 is 14.9 Å². The second-order valence-electron chi connectivity index (χ2n) is 4.16. The quantitative estimate of drug-likeness (QED) is 0.789. The monoisotopic (exact) mass is 239 g/mol. The molecule has 2 atom stereocenters. The highest BCUT2D eigenvalue weighted by Gasteiger charge is 2.31. The van der Waals surface area contributed by atoms with E-state index < -0.39 is 11.9 Å². The third-order valence-electron chi connectivity index (χ3n) is 2.85. The number of carboxylic acids is 1. The van der Waals surface area contributed by atoms with E-state index in [0.717, 1.165) is 0 Å². The SMILES string of the molecule is Cc1nc(C(=O)NC2CCC(C(=O)O)C2)no1. The predicted octanol–water partition coefficient (Wildman–Crippen LogP) is 0.361. The van der Waals surface area contributed by atoms with Gasteiger partial charge in [-0.1, -0.05) is 5.16 Å². The lowest BCUT2D eigenvalue weighted by molar-refractivity contribution is -0.141. The zero-order valence-corrected chi connectivity index (χ0v) is 9.34. The summed E-state index contributed by atoms with van der Waals surface area (Å²) in [5.74, 6) is -1.28. The van der Waals surface area contributed by atoms with Gasteiger partial charge in [-0.3, -0.25) is 9.59 Å². The van der Waals surface area contributed by atoms with Crippen molar-refractivity contribution in [3.8, 4) is 0 Å². The molecule has 1 aliphatic rings. The molecule has 0 saturated heterocycles. The third-order valence-corrected chi connectivity index (χ3v) is 2.85. The number of rotatable bonds is 3. The molecule has 0 bridgehead atoms. The molecule has 1 aromatic heterocycles. The van der Waals surface area contributed by atoms with Crippen LogP contribution in [0.5, 0.6) is 0 Å². The van der Waals surface area contributed by atoms with Crippen LogP contribution in [0.4, 0.5) is 0 Å². The molecule has 1 aromatic rings. The Morgan fingerprint density at radius 1 is 1.47 bits per heavy atom. The fraction of sp³-hybridized carbons (Fsp3) is 0.600. The van der Waals surface area contributed by atoms with Gasteiger partial charge in [0.05, 0.1) is 5.92 Å². The zero-order chi connectivity index (χ0) is 12.4. The van der Waals surface area contributed by atoms with Gasteiger partial charge in [-0.2, -0.15) is 4.98 Å². The highest BCUT2D eigenvalue weighted by atomic mass is 16.5. The first-order valence-electron chi connectivity index (χ1n) is 5.40. The summed E-state index contributed by atoms with van der Waals surface area (Å²) in [6, 6.07) is -0.123. The maximum absolute atomic E-state index is 11.6. The second-order valence-corrected chi connectivity index (χ2v) is 4.16. The Morgan fingerprint density at radius 2 is 2.24 bits per heavy atom. The number of carboxylic acid groups (broad SMARTS) is 1. The van der Waals surface area contributed by atoms with Crippen molar-refractivity contribution in [1.82, 2.24) is 15.5 Å². The average Bonchev–Trinajstić information content (AvgIpc) is 2.86. The van der Waals surface area contributed by atoms with Gasteiger partial charge >= 0.3 is 5.97 Å². The number of aryl methyl sites for hydroxylation is 1. The molecular weight excluding hydrogens is 226 g/mol. The number of aliphatic carboxylic acids is 1. The highest BCUT2D eigenvalue weighted by Crippen LogP contribution is 2.25. The Kier molecular flexibility index (Phi) is 3.08. The molecule has 2 rings (SSSR count). The van der Waals surface area contributed by atoms with Gasteiger partial charge in [0.1, 0.15) is 0 Å². The Labute approximate surface area is 97.2 Å². The summed E-state index contributed by atoms with van der Waals surface area (Å²) in [4.78, 5) is 26.2. The van der Waals surface area contributed by atoms with Crippen LogP contribution >= 0.6 is 0 Å². The van der Waals surface area contributed by atoms with Crippen molar-refractivity contribution < 1.29 is 19.2 Å². The van der Waals surface area contributed by atoms with E-state index >= 15 is 0 Å². The van der Waals surface area contributed by atoms with Crippen LogP contribution in [0.25, 0.3) is 0 Å². The number of carbonyl (C=O) groups is 2. The van der Waals surface area contributed by atoms with Crippen molar-refractivity contribution in [3.05, 3.63) is 11.7 Å². The minimum absolute atomic E-state index is 0.0127. The van der Waals surface area contributed by atoms with Gasteiger partial charge in [-0.15, -0.1) is 0 Å². The predicted molar refractivity (Wildman–Crippen MR) is 55.3 cm³/mol. The Balaban J connectivity index is 1.90. The van der Waals surface area contributed by atoms with E-state index in [4.69, 9.17) is 9.63 Å². The van der Waals surface area contributed by atoms with Crippen LogP contribution in [-0.2, 0) is 4.79 Å². The number of nitrogens with zero attached hydrogens (tertiary/aromatic N) is 2. The first-order chi connectivity index (χ1) is 8.06. The van der Waals surface area contributed by atoms with E-state index in [1.165, 1.54) is 0 Å². The maximum Gasteiger partial charge on any atom is 0.306 e. The number of hydrogen-bond donors (Lipinski definition) is 2. The molecule has 2 unspecified atom stereocenters. The van der Waals surface area contributed by atoms with Crippen molar-refractivity contribution >= 4 is 11.9 Å². The van der Waals surface area contributed by atoms with E-state index in [0.29, 0.717) is 25.2 Å². The van der Waals surface area contributed by atoms with Gasteiger partial charge in [-0.05, 0) is 19.3 Å². The fourth-order valence-corrected chi connectivity index (χ4v) is 1.98. The highest BCUT2D eigenvalue weighted by molar-refractivity contribution is 5.90. The van der Waals surface area contributed by atoms with Crippen LogP contribution < -0.4 is 5.32 Å². The van der Waals surface area contributed by atoms with Gasteiger partial charge in [0.25, 0.3) is 11.7 Å². The first kappa shape index (κ1) is 11.6. The van der Waals surface area contributed by atoms with Crippen LogP contribution in [0, 0.1) is 12.8 Å². The Bertz CT molecular complexity index is 443. The maximum atomic E-state index is 11.6. The third kappa shape index (κ3) is 2.61. The van der Waals surface area contributed by atoms with Crippen LogP contribution in [0.1, 0.15) is 35.8 Å². The molecule has 17 heavy (non-hydrogen) atoms. The van der Waals surface area contributed by atoms with Gasteiger partial charge in [0, 0.05) is 13.0 Å². The summed E-state index contributed by atoms with van der Waals surface area (Å²) in [6.45, 7) is 1.60. The normalized spacial score (nSPS) is 23.6. The molecule has 7 heteroatoms. The molecule has 0 spiro atoms. The van der Waals surface area contributed by atoms with Gasteiger partial charge in [0.15, 0.2) is 0 Å². The molecule has 1 heterocycles. The molecule has 1 amide bonds. The zero-order valence-electron chi connectivity index (χ0n) is 9.34. The summed E-state index contributed by atoms with van der Waals surface area (Å²) in [7, 11) is 0. The van der Waals surface area contributed by atoms with E-state index in [2.05, 4.69) is 15.5 Å². The Morgan fingerprint density at radius 3 is 2.76 bits per heavy atom. The summed E-state index contributed by atoms with van der Waals surface area (Å²) >= 11 is 0. The minimum Gasteiger partial charge on any atom is -0.481 e. The van der Waals surface area contributed by atoms with Gasteiger partial charge in [-0.25, -0.2) is 0 Å². The van der Waals surface area contributed by atoms with Crippen LogP contribution in [0.15, 0.2) is 4.52 Å². The molecule has 1 fully saturated rings. The van der Waals surface area contributed by atoms with E-state index in [-0.39, 0.29) is 17.8 Å². The van der Waals surface area contributed by atoms with Gasteiger partial charge in [0.2, 0.25) is 5.89 Å². The number of amides is 1.